The topological polar surface area (TPSA) is 25.4 Å². The third-order valence-electron chi connectivity index (χ3n) is 4.10. The van der Waals surface area contributed by atoms with Crippen molar-refractivity contribution in [2.75, 3.05) is 18.0 Å². The Morgan fingerprint density at radius 1 is 1.05 bits per heavy atom. The van der Waals surface area contributed by atoms with Gasteiger partial charge in [-0.25, -0.2) is 0 Å². The van der Waals surface area contributed by atoms with E-state index in [4.69, 9.17) is 4.74 Å². The van der Waals surface area contributed by atoms with Gasteiger partial charge in [-0.2, -0.15) is 0 Å². The fourth-order valence-electron chi connectivity index (χ4n) is 2.84. The van der Waals surface area contributed by atoms with E-state index >= 15 is 0 Å². The molecule has 1 aromatic heterocycles. The van der Waals surface area contributed by atoms with Crippen molar-refractivity contribution >= 4 is 5.69 Å². The molecule has 0 aliphatic carbocycles. The summed E-state index contributed by atoms with van der Waals surface area (Å²) in [6.45, 7) is 6.30. The van der Waals surface area contributed by atoms with Crippen molar-refractivity contribution in [2.24, 2.45) is 0 Å². The van der Waals surface area contributed by atoms with Crippen molar-refractivity contribution in [3.05, 3.63) is 53.9 Å². The van der Waals surface area contributed by atoms with E-state index in [1.165, 1.54) is 16.8 Å². The van der Waals surface area contributed by atoms with Gasteiger partial charge in [0, 0.05) is 44.0 Å². The van der Waals surface area contributed by atoms with Crippen LogP contribution in [0, 0.1) is 13.8 Å². The minimum atomic E-state index is 0.325. The zero-order valence-electron chi connectivity index (χ0n) is 12.7. The molecule has 0 saturated carbocycles. The molecular weight excluding hydrogens is 260 g/mol. The highest BCUT2D eigenvalue weighted by Gasteiger charge is 2.21. The number of piperidine rings is 1. The van der Waals surface area contributed by atoms with Gasteiger partial charge in [-0.05, 0) is 37.6 Å². The maximum Gasteiger partial charge on any atom is 0.119 e. The molecule has 1 fully saturated rings. The summed E-state index contributed by atoms with van der Waals surface area (Å²) in [5.74, 6) is 0.985. The first-order chi connectivity index (χ1) is 10.2. The highest BCUT2D eigenvalue weighted by molar-refractivity contribution is 5.51. The summed E-state index contributed by atoms with van der Waals surface area (Å²) in [5.41, 5.74) is 3.82. The third-order valence-corrected chi connectivity index (χ3v) is 4.10. The van der Waals surface area contributed by atoms with Crippen molar-refractivity contribution in [3.8, 4) is 5.75 Å². The Morgan fingerprint density at radius 2 is 1.76 bits per heavy atom. The van der Waals surface area contributed by atoms with Crippen molar-refractivity contribution in [2.45, 2.75) is 32.8 Å². The molecule has 1 aromatic carbocycles. The molecule has 3 rings (SSSR count). The van der Waals surface area contributed by atoms with Gasteiger partial charge in [0.05, 0.1) is 0 Å². The van der Waals surface area contributed by atoms with Gasteiger partial charge in [-0.3, -0.25) is 4.98 Å². The van der Waals surface area contributed by atoms with Crippen LogP contribution in [0.3, 0.4) is 0 Å². The number of pyridine rings is 1. The number of hydrogen-bond acceptors (Lipinski definition) is 3. The molecule has 3 heteroatoms. The molecule has 1 aliphatic rings. The van der Waals surface area contributed by atoms with E-state index in [9.17, 15) is 0 Å². The first-order valence-corrected chi connectivity index (χ1v) is 7.61. The Bertz CT molecular complexity index is 586. The summed E-state index contributed by atoms with van der Waals surface area (Å²) in [4.78, 5) is 6.60. The Labute approximate surface area is 126 Å². The Hall–Kier alpha value is -2.03. The van der Waals surface area contributed by atoms with Crippen molar-refractivity contribution in [3.63, 3.8) is 0 Å². The van der Waals surface area contributed by atoms with Crippen LogP contribution < -0.4 is 9.64 Å². The quantitative estimate of drug-likeness (QED) is 0.857. The number of aryl methyl sites for hydroxylation is 2. The molecule has 2 aromatic rings. The van der Waals surface area contributed by atoms with Gasteiger partial charge < -0.3 is 9.64 Å². The molecule has 2 heterocycles. The first-order valence-electron chi connectivity index (χ1n) is 7.61. The molecule has 110 valence electrons. The average molecular weight is 282 g/mol. The molecule has 0 spiro atoms. The normalized spacial score (nSPS) is 16.0. The maximum absolute atomic E-state index is 6.09. The van der Waals surface area contributed by atoms with Gasteiger partial charge in [0.15, 0.2) is 0 Å². The molecule has 0 unspecified atom stereocenters. The predicted molar refractivity (Wildman–Crippen MR) is 86.0 cm³/mol. The molecule has 21 heavy (non-hydrogen) atoms. The molecular formula is C18H22N2O. The van der Waals surface area contributed by atoms with Crippen LogP contribution in [0.25, 0.3) is 0 Å². The lowest BCUT2D eigenvalue weighted by molar-refractivity contribution is 0.171. The standard InChI is InChI=1S/C18H22N2O/c1-14-3-5-16(6-4-14)21-17-8-11-20(12-9-17)18-7-10-19-13-15(18)2/h3-7,10,13,17H,8-9,11-12H2,1-2H3. The summed E-state index contributed by atoms with van der Waals surface area (Å²) in [6.07, 6.45) is 6.26. The van der Waals surface area contributed by atoms with Gasteiger partial charge in [-0.15, -0.1) is 0 Å². The van der Waals surface area contributed by atoms with Gasteiger partial charge in [-0.1, -0.05) is 17.7 Å². The predicted octanol–water partition coefficient (Wildman–Crippen LogP) is 3.75. The fourth-order valence-corrected chi connectivity index (χ4v) is 2.84. The molecule has 0 amide bonds. The van der Waals surface area contributed by atoms with Gasteiger partial charge in [0.2, 0.25) is 0 Å². The second kappa shape index (κ2) is 6.17. The number of hydrogen-bond donors (Lipinski definition) is 0. The second-order valence-corrected chi connectivity index (χ2v) is 5.78. The molecule has 0 bridgehead atoms. The molecule has 0 radical (unpaired) electrons. The van der Waals surface area contributed by atoms with Crippen LogP contribution in [0.5, 0.6) is 5.75 Å². The van der Waals surface area contributed by atoms with Crippen LogP contribution in [-0.4, -0.2) is 24.2 Å². The number of rotatable bonds is 3. The monoisotopic (exact) mass is 282 g/mol. The lowest BCUT2D eigenvalue weighted by atomic mass is 10.1. The first kappa shape index (κ1) is 13.9. The van der Waals surface area contributed by atoms with Gasteiger partial charge in [0.25, 0.3) is 0 Å². The van der Waals surface area contributed by atoms with E-state index in [0.717, 1.165) is 31.7 Å². The zero-order chi connectivity index (χ0) is 14.7. The van der Waals surface area contributed by atoms with E-state index in [-0.39, 0.29) is 0 Å². The smallest absolute Gasteiger partial charge is 0.119 e. The number of nitrogens with zero attached hydrogens (tertiary/aromatic N) is 2. The van der Waals surface area contributed by atoms with E-state index in [0.29, 0.717) is 6.10 Å². The molecule has 1 saturated heterocycles. The summed E-state index contributed by atoms with van der Waals surface area (Å²) < 4.78 is 6.09. The minimum absolute atomic E-state index is 0.325. The van der Waals surface area contributed by atoms with Gasteiger partial charge in [0.1, 0.15) is 11.9 Å². The number of benzene rings is 1. The van der Waals surface area contributed by atoms with E-state index in [1.54, 1.807) is 0 Å². The summed E-state index contributed by atoms with van der Waals surface area (Å²) in [6, 6.07) is 10.4. The number of ether oxygens (including phenoxy) is 1. The van der Waals surface area contributed by atoms with Crippen LogP contribution in [0.4, 0.5) is 5.69 Å². The lowest BCUT2D eigenvalue weighted by Gasteiger charge is -2.34. The molecule has 1 aliphatic heterocycles. The minimum Gasteiger partial charge on any atom is -0.490 e. The van der Waals surface area contributed by atoms with E-state index in [1.807, 2.05) is 12.4 Å². The van der Waals surface area contributed by atoms with Crippen LogP contribution in [0.2, 0.25) is 0 Å². The summed E-state index contributed by atoms with van der Waals surface area (Å²) >= 11 is 0. The van der Waals surface area contributed by atoms with E-state index in [2.05, 4.69) is 54.1 Å². The van der Waals surface area contributed by atoms with Gasteiger partial charge >= 0.3 is 0 Å². The average Bonchev–Trinajstić information content (AvgIpc) is 2.51. The zero-order valence-corrected chi connectivity index (χ0v) is 12.7. The number of anilines is 1. The van der Waals surface area contributed by atoms with Crippen molar-refractivity contribution in [1.82, 2.24) is 4.98 Å². The molecule has 0 atom stereocenters. The largest absolute Gasteiger partial charge is 0.490 e. The lowest BCUT2D eigenvalue weighted by Crippen LogP contribution is -2.38. The van der Waals surface area contributed by atoms with Crippen LogP contribution in [0.15, 0.2) is 42.7 Å². The Morgan fingerprint density at radius 3 is 2.43 bits per heavy atom. The Balaban J connectivity index is 1.58. The maximum atomic E-state index is 6.09. The van der Waals surface area contributed by atoms with Crippen LogP contribution >= 0.6 is 0 Å². The summed E-state index contributed by atoms with van der Waals surface area (Å²) in [7, 11) is 0. The van der Waals surface area contributed by atoms with E-state index < -0.39 is 0 Å². The Kier molecular flexibility index (Phi) is 4.09. The SMILES string of the molecule is Cc1ccc(OC2CCN(c3ccncc3C)CC2)cc1. The molecule has 0 N–H and O–H groups in total. The second-order valence-electron chi connectivity index (χ2n) is 5.78. The van der Waals surface area contributed by atoms with Crippen LogP contribution in [-0.2, 0) is 0 Å². The summed E-state index contributed by atoms with van der Waals surface area (Å²) in [5, 5.41) is 0. The third kappa shape index (κ3) is 3.35. The highest BCUT2D eigenvalue weighted by Crippen LogP contribution is 2.25. The van der Waals surface area contributed by atoms with Crippen molar-refractivity contribution < 1.29 is 4.74 Å². The molecule has 3 nitrogen and oxygen atoms in total. The fraction of sp³-hybridized carbons (Fsp3) is 0.389. The van der Waals surface area contributed by atoms with Crippen molar-refractivity contribution in [1.29, 1.82) is 0 Å². The number of aromatic nitrogens is 1. The highest BCUT2D eigenvalue weighted by atomic mass is 16.5. The van der Waals surface area contributed by atoms with Crippen LogP contribution in [0.1, 0.15) is 24.0 Å².